The first-order valence-electron chi connectivity index (χ1n) is 7.01. The molecule has 0 spiro atoms. The molecule has 6 nitrogen and oxygen atoms in total. The summed E-state index contributed by atoms with van der Waals surface area (Å²) in [6, 6.07) is 2.70. The number of nitrogens with two attached hydrogens (primary N) is 1. The van der Waals surface area contributed by atoms with E-state index in [2.05, 4.69) is 4.98 Å². The monoisotopic (exact) mass is 364 g/mol. The lowest BCUT2D eigenvalue weighted by molar-refractivity contribution is -0.136. The SMILES string of the molecule is CCC(C)OP(=O)(O)c1cc2cc(N)c(C(F)(F)F)cc2[nH]c1=O. The number of alkyl halides is 3. The maximum Gasteiger partial charge on any atom is 0.418 e. The Hall–Kier alpha value is -1.83. The summed E-state index contributed by atoms with van der Waals surface area (Å²) in [6.45, 7) is 3.29. The summed E-state index contributed by atoms with van der Waals surface area (Å²) in [4.78, 5) is 24.2. The number of hydrogen-bond donors (Lipinski definition) is 3. The van der Waals surface area contributed by atoms with Crippen molar-refractivity contribution in [2.75, 3.05) is 5.73 Å². The third-order valence-corrected chi connectivity index (χ3v) is 5.09. The maximum atomic E-state index is 12.9. The highest BCUT2D eigenvalue weighted by Crippen LogP contribution is 2.42. The molecule has 1 aromatic carbocycles. The molecule has 1 heterocycles. The molecule has 0 fully saturated rings. The van der Waals surface area contributed by atoms with Gasteiger partial charge in [-0.2, -0.15) is 13.2 Å². The molecule has 0 radical (unpaired) electrons. The lowest BCUT2D eigenvalue weighted by Gasteiger charge is -2.17. The summed E-state index contributed by atoms with van der Waals surface area (Å²) >= 11 is 0. The number of aromatic nitrogens is 1. The van der Waals surface area contributed by atoms with Gasteiger partial charge in [-0.05, 0) is 31.5 Å². The fourth-order valence-electron chi connectivity index (χ4n) is 2.09. The minimum absolute atomic E-state index is 0.0946. The average Bonchev–Trinajstić information content (AvgIpc) is 2.44. The fourth-order valence-corrected chi connectivity index (χ4v) is 3.46. The molecule has 0 amide bonds. The predicted octanol–water partition coefficient (Wildman–Crippen LogP) is 2.75. The second kappa shape index (κ2) is 6.23. The number of nitrogen functional groups attached to an aromatic ring is 1. The molecule has 0 aliphatic heterocycles. The second-order valence-corrected chi connectivity index (χ2v) is 7.09. The van der Waals surface area contributed by atoms with E-state index in [0.29, 0.717) is 12.5 Å². The zero-order chi connectivity index (χ0) is 18.3. The van der Waals surface area contributed by atoms with Gasteiger partial charge in [-0.1, -0.05) is 6.92 Å². The third-order valence-electron chi connectivity index (χ3n) is 3.50. The van der Waals surface area contributed by atoms with Gasteiger partial charge in [0.05, 0.1) is 11.7 Å². The Morgan fingerprint density at radius 2 is 2.00 bits per heavy atom. The van der Waals surface area contributed by atoms with E-state index in [-0.39, 0.29) is 10.9 Å². The van der Waals surface area contributed by atoms with Gasteiger partial charge in [0.2, 0.25) is 0 Å². The molecular weight excluding hydrogens is 348 g/mol. The molecule has 0 saturated heterocycles. The normalized spacial score (nSPS) is 16.1. The fraction of sp³-hybridized carbons (Fsp3) is 0.357. The quantitative estimate of drug-likeness (QED) is 0.571. The number of rotatable bonds is 4. The van der Waals surface area contributed by atoms with Gasteiger partial charge in [-0.25, -0.2) is 0 Å². The molecule has 0 aliphatic carbocycles. The topological polar surface area (TPSA) is 105 Å². The van der Waals surface area contributed by atoms with E-state index < -0.39 is 42.0 Å². The molecule has 1 aromatic heterocycles. The molecule has 2 aromatic rings. The molecule has 132 valence electrons. The third kappa shape index (κ3) is 3.63. The van der Waals surface area contributed by atoms with Gasteiger partial charge in [0, 0.05) is 16.6 Å². The van der Waals surface area contributed by atoms with Crippen molar-refractivity contribution in [2.24, 2.45) is 0 Å². The standard InChI is InChI=1S/C14H16F3N2O4P/c1-3-7(2)23-24(21,22)12-5-8-4-10(18)9(14(15,16)17)6-11(8)19-13(12)20/h4-7H,3,18H2,1-2H3,(H,19,20)(H,21,22). The summed E-state index contributed by atoms with van der Waals surface area (Å²) < 4.78 is 55.8. The van der Waals surface area contributed by atoms with Gasteiger partial charge in [0.1, 0.15) is 5.30 Å². The Kier molecular flexibility index (Phi) is 4.81. The largest absolute Gasteiger partial charge is 0.418 e. The van der Waals surface area contributed by atoms with Gasteiger partial charge in [-0.15, -0.1) is 0 Å². The van der Waals surface area contributed by atoms with Crippen LogP contribution in [0.25, 0.3) is 10.9 Å². The molecule has 2 atom stereocenters. The molecule has 2 rings (SSSR count). The van der Waals surface area contributed by atoms with Gasteiger partial charge in [-0.3, -0.25) is 9.36 Å². The molecule has 24 heavy (non-hydrogen) atoms. The Morgan fingerprint density at radius 1 is 1.38 bits per heavy atom. The smallest absolute Gasteiger partial charge is 0.398 e. The zero-order valence-corrected chi connectivity index (χ0v) is 13.7. The molecule has 0 aliphatic rings. The van der Waals surface area contributed by atoms with E-state index in [4.69, 9.17) is 10.3 Å². The molecule has 4 N–H and O–H groups in total. The van der Waals surface area contributed by atoms with Crippen LogP contribution in [0.3, 0.4) is 0 Å². The minimum atomic E-state index is -4.68. The lowest BCUT2D eigenvalue weighted by Crippen LogP contribution is -2.29. The number of benzene rings is 1. The summed E-state index contributed by atoms with van der Waals surface area (Å²) in [7, 11) is -4.43. The van der Waals surface area contributed by atoms with E-state index in [1.54, 1.807) is 13.8 Å². The number of halogens is 3. The average molecular weight is 364 g/mol. The van der Waals surface area contributed by atoms with Crippen LogP contribution in [0.1, 0.15) is 25.8 Å². The summed E-state index contributed by atoms with van der Waals surface area (Å²) in [5.41, 5.74) is 2.61. The first-order valence-corrected chi connectivity index (χ1v) is 8.59. The Bertz CT molecular complexity index is 879. The van der Waals surface area contributed by atoms with Crippen molar-refractivity contribution in [1.82, 2.24) is 4.98 Å². The van der Waals surface area contributed by atoms with Crippen LogP contribution < -0.4 is 16.6 Å². The summed E-state index contributed by atoms with van der Waals surface area (Å²) in [6.07, 6.45) is -4.81. The number of hydrogen-bond acceptors (Lipinski definition) is 4. The van der Waals surface area contributed by atoms with Crippen LogP contribution in [0, 0.1) is 0 Å². The van der Waals surface area contributed by atoms with Crippen molar-refractivity contribution in [1.29, 1.82) is 0 Å². The lowest BCUT2D eigenvalue weighted by atomic mass is 10.1. The molecule has 2 unspecified atom stereocenters. The van der Waals surface area contributed by atoms with Crippen LogP contribution in [0.5, 0.6) is 0 Å². The van der Waals surface area contributed by atoms with Crippen LogP contribution in [0.4, 0.5) is 18.9 Å². The van der Waals surface area contributed by atoms with Crippen LogP contribution in [-0.2, 0) is 15.3 Å². The van der Waals surface area contributed by atoms with Gasteiger partial charge >= 0.3 is 13.8 Å². The van der Waals surface area contributed by atoms with Crippen molar-refractivity contribution in [3.05, 3.63) is 34.1 Å². The van der Waals surface area contributed by atoms with Gasteiger partial charge < -0.3 is 20.1 Å². The van der Waals surface area contributed by atoms with Gasteiger partial charge in [0.15, 0.2) is 0 Å². The van der Waals surface area contributed by atoms with Crippen LogP contribution in [-0.4, -0.2) is 16.0 Å². The molecular formula is C14H16F3N2O4P. The van der Waals surface area contributed by atoms with E-state index in [9.17, 15) is 27.4 Å². The van der Waals surface area contributed by atoms with E-state index in [0.717, 1.165) is 12.1 Å². The summed E-state index contributed by atoms with van der Waals surface area (Å²) in [5, 5.41) is -0.452. The van der Waals surface area contributed by atoms with E-state index in [1.807, 2.05) is 0 Å². The number of pyridine rings is 1. The molecule has 0 saturated carbocycles. The first-order chi connectivity index (χ1) is 11.0. The van der Waals surface area contributed by atoms with E-state index >= 15 is 0 Å². The minimum Gasteiger partial charge on any atom is -0.398 e. The van der Waals surface area contributed by atoms with Gasteiger partial charge in [0.25, 0.3) is 5.56 Å². The number of H-pyrrole nitrogens is 1. The van der Waals surface area contributed by atoms with Crippen molar-refractivity contribution in [3.8, 4) is 0 Å². The summed E-state index contributed by atoms with van der Waals surface area (Å²) in [5.74, 6) is 0. The Balaban J connectivity index is 2.63. The van der Waals surface area contributed by atoms with E-state index in [1.165, 1.54) is 0 Å². The van der Waals surface area contributed by atoms with Crippen molar-refractivity contribution in [2.45, 2.75) is 32.5 Å². The van der Waals surface area contributed by atoms with Crippen molar-refractivity contribution < 1.29 is 27.2 Å². The number of nitrogens with one attached hydrogen (secondary N) is 1. The number of aromatic amines is 1. The number of anilines is 1. The van der Waals surface area contributed by atoms with Crippen LogP contribution >= 0.6 is 7.60 Å². The zero-order valence-electron chi connectivity index (χ0n) is 12.8. The highest BCUT2D eigenvalue weighted by atomic mass is 31.2. The van der Waals surface area contributed by atoms with Crippen LogP contribution in [0.15, 0.2) is 23.0 Å². The van der Waals surface area contributed by atoms with Crippen LogP contribution in [0.2, 0.25) is 0 Å². The highest BCUT2D eigenvalue weighted by molar-refractivity contribution is 7.61. The molecule has 0 bridgehead atoms. The first kappa shape index (κ1) is 18.5. The Morgan fingerprint density at radius 3 is 2.54 bits per heavy atom. The second-order valence-electron chi connectivity index (χ2n) is 5.35. The number of fused-ring (bicyclic) bond motifs is 1. The van der Waals surface area contributed by atoms with Crippen molar-refractivity contribution in [3.63, 3.8) is 0 Å². The molecule has 10 heteroatoms. The van der Waals surface area contributed by atoms with Crippen molar-refractivity contribution >= 4 is 29.5 Å². The Labute approximate surface area is 135 Å². The maximum absolute atomic E-state index is 12.9. The predicted molar refractivity (Wildman–Crippen MR) is 84.3 cm³/mol. The highest BCUT2D eigenvalue weighted by Gasteiger charge is 2.34.